The van der Waals surface area contributed by atoms with Crippen molar-refractivity contribution in [2.45, 2.75) is 31.0 Å². The van der Waals surface area contributed by atoms with E-state index >= 15 is 0 Å². The first-order chi connectivity index (χ1) is 15.5. The van der Waals surface area contributed by atoms with E-state index in [1.54, 1.807) is 35.2 Å². The van der Waals surface area contributed by atoms with E-state index in [1.807, 2.05) is 36.4 Å². The van der Waals surface area contributed by atoms with Crippen molar-refractivity contribution in [3.05, 3.63) is 77.9 Å². The number of nitrogens with one attached hydrogen (secondary N) is 2. The first-order valence-electron chi connectivity index (χ1n) is 10.7. The van der Waals surface area contributed by atoms with Crippen LogP contribution in [0.5, 0.6) is 5.75 Å². The summed E-state index contributed by atoms with van der Waals surface area (Å²) in [6, 6.07) is 18.3. The fraction of sp³-hybridized carbons (Fsp3) is 0.240. The lowest BCUT2D eigenvalue weighted by Gasteiger charge is -2.34. The number of hydrogen-bond acceptors (Lipinski definition) is 4. The topological polar surface area (TPSA) is 98.7 Å². The molecule has 0 unspecified atom stereocenters. The second-order valence-corrected chi connectivity index (χ2v) is 8.37. The molecule has 7 heteroatoms. The summed E-state index contributed by atoms with van der Waals surface area (Å²) in [5.41, 5.74) is 1.42. The van der Waals surface area contributed by atoms with Gasteiger partial charge in [-0.25, -0.2) is 0 Å². The van der Waals surface area contributed by atoms with Gasteiger partial charge in [0.15, 0.2) is 0 Å². The second kappa shape index (κ2) is 8.00. The van der Waals surface area contributed by atoms with Crippen molar-refractivity contribution in [1.29, 1.82) is 0 Å². The predicted molar refractivity (Wildman–Crippen MR) is 119 cm³/mol. The lowest BCUT2D eigenvalue weighted by Crippen LogP contribution is -2.61. The zero-order valence-electron chi connectivity index (χ0n) is 17.3. The Morgan fingerprint density at radius 2 is 1.78 bits per heavy atom. The van der Waals surface area contributed by atoms with Gasteiger partial charge < -0.3 is 20.6 Å². The Morgan fingerprint density at radius 1 is 1.03 bits per heavy atom. The van der Waals surface area contributed by atoms with Crippen LogP contribution in [0.4, 0.5) is 0 Å². The van der Waals surface area contributed by atoms with Crippen molar-refractivity contribution >= 4 is 28.5 Å². The number of hydrogen-bond donors (Lipinski definition) is 3. The van der Waals surface area contributed by atoms with Gasteiger partial charge in [-0.05, 0) is 41.0 Å². The molecule has 3 amide bonds. The van der Waals surface area contributed by atoms with Gasteiger partial charge in [0, 0.05) is 24.6 Å². The second-order valence-electron chi connectivity index (χ2n) is 8.37. The minimum atomic E-state index is -0.657. The number of piperazine rings is 1. The van der Waals surface area contributed by atoms with Gasteiger partial charge in [0.05, 0.1) is 0 Å². The standard InChI is InChI=1S/C25H23N3O4/c29-18-10-8-15(9-11-18)12-21-25(32)28-14-17(13-22(28)24(31)27-21)26-23(30)20-7-3-5-16-4-1-2-6-19(16)20/h1-11,17,21-22,29H,12-14H2,(H,26,30)(H,27,31)/t17-,21-,22-/m0/s1. The Bertz CT molecular complexity index is 1200. The van der Waals surface area contributed by atoms with Gasteiger partial charge in [-0.15, -0.1) is 0 Å². The molecule has 162 valence electrons. The quantitative estimate of drug-likeness (QED) is 0.591. The molecule has 3 atom stereocenters. The molecule has 2 aliphatic heterocycles. The molecule has 2 heterocycles. The van der Waals surface area contributed by atoms with Crippen LogP contribution in [0.2, 0.25) is 0 Å². The number of carbonyl (C=O) groups excluding carboxylic acids is 3. The van der Waals surface area contributed by atoms with E-state index in [0.29, 0.717) is 24.9 Å². The first-order valence-corrected chi connectivity index (χ1v) is 10.7. The summed E-state index contributed by atoms with van der Waals surface area (Å²) in [6.45, 7) is 0.305. The Morgan fingerprint density at radius 3 is 2.59 bits per heavy atom. The Labute approximate surface area is 185 Å². The summed E-state index contributed by atoms with van der Waals surface area (Å²) in [5, 5.41) is 17.1. The first kappa shape index (κ1) is 20.1. The van der Waals surface area contributed by atoms with Crippen molar-refractivity contribution < 1.29 is 19.5 Å². The van der Waals surface area contributed by atoms with Crippen molar-refractivity contribution in [2.24, 2.45) is 0 Å². The number of rotatable bonds is 4. The fourth-order valence-electron chi connectivity index (χ4n) is 4.66. The van der Waals surface area contributed by atoms with Gasteiger partial charge in [0.1, 0.15) is 17.8 Å². The highest BCUT2D eigenvalue weighted by molar-refractivity contribution is 6.07. The normalized spacial score (nSPS) is 22.5. The molecule has 0 spiro atoms. The Balaban J connectivity index is 1.29. The van der Waals surface area contributed by atoms with Crippen LogP contribution in [0.3, 0.4) is 0 Å². The third kappa shape index (κ3) is 3.66. The third-order valence-electron chi connectivity index (χ3n) is 6.25. The van der Waals surface area contributed by atoms with Gasteiger partial charge in [-0.1, -0.05) is 48.5 Å². The van der Waals surface area contributed by atoms with E-state index < -0.39 is 12.1 Å². The summed E-state index contributed by atoms with van der Waals surface area (Å²) < 4.78 is 0. The highest BCUT2D eigenvalue weighted by Crippen LogP contribution is 2.25. The number of nitrogens with zero attached hydrogens (tertiary/aromatic N) is 1. The van der Waals surface area contributed by atoms with E-state index in [0.717, 1.165) is 16.3 Å². The van der Waals surface area contributed by atoms with Crippen LogP contribution >= 0.6 is 0 Å². The van der Waals surface area contributed by atoms with Crippen LogP contribution in [0.15, 0.2) is 66.7 Å². The smallest absolute Gasteiger partial charge is 0.252 e. The maximum absolute atomic E-state index is 13.0. The summed E-state index contributed by atoms with van der Waals surface area (Å²) in [4.78, 5) is 40.3. The molecule has 0 aromatic heterocycles. The number of aromatic hydroxyl groups is 1. The maximum atomic E-state index is 13.0. The molecule has 2 saturated heterocycles. The average molecular weight is 429 g/mol. The molecule has 0 radical (unpaired) electrons. The molecule has 5 rings (SSSR count). The molecule has 7 nitrogen and oxygen atoms in total. The molecule has 0 saturated carbocycles. The van der Waals surface area contributed by atoms with Crippen molar-refractivity contribution in [3.8, 4) is 5.75 Å². The molecule has 3 N–H and O–H groups in total. The summed E-state index contributed by atoms with van der Waals surface area (Å²) >= 11 is 0. The zero-order valence-corrected chi connectivity index (χ0v) is 17.3. The highest BCUT2D eigenvalue weighted by atomic mass is 16.3. The van der Waals surface area contributed by atoms with Gasteiger partial charge in [-0.2, -0.15) is 0 Å². The Hall–Kier alpha value is -3.87. The third-order valence-corrected chi connectivity index (χ3v) is 6.25. The molecular formula is C25H23N3O4. The van der Waals surface area contributed by atoms with Gasteiger partial charge in [-0.3, -0.25) is 14.4 Å². The van der Waals surface area contributed by atoms with Crippen LogP contribution in [-0.2, 0) is 16.0 Å². The number of phenols is 1. The predicted octanol–water partition coefficient (Wildman–Crippen LogP) is 1.99. The summed E-state index contributed by atoms with van der Waals surface area (Å²) in [5.74, 6) is -0.405. The van der Waals surface area contributed by atoms with Crippen molar-refractivity contribution in [3.63, 3.8) is 0 Å². The van der Waals surface area contributed by atoms with Crippen molar-refractivity contribution in [2.75, 3.05) is 6.54 Å². The molecular weight excluding hydrogens is 406 g/mol. The van der Waals surface area contributed by atoms with E-state index in [9.17, 15) is 19.5 Å². The van der Waals surface area contributed by atoms with Crippen molar-refractivity contribution in [1.82, 2.24) is 15.5 Å². The van der Waals surface area contributed by atoms with E-state index in [-0.39, 0.29) is 29.5 Å². The molecule has 3 aromatic rings. The fourth-order valence-corrected chi connectivity index (χ4v) is 4.66. The highest BCUT2D eigenvalue weighted by Gasteiger charge is 2.46. The zero-order chi connectivity index (χ0) is 22.2. The molecule has 2 aliphatic rings. The number of amides is 3. The number of carbonyl (C=O) groups is 3. The minimum Gasteiger partial charge on any atom is -0.508 e. The minimum absolute atomic E-state index is 0.149. The van der Waals surface area contributed by atoms with Crippen LogP contribution in [0.1, 0.15) is 22.3 Å². The van der Waals surface area contributed by atoms with E-state index in [4.69, 9.17) is 0 Å². The van der Waals surface area contributed by atoms with Gasteiger partial charge >= 0.3 is 0 Å². The van der Waals surface area contributed by atoms with Crippen LogP contribution in [0, 0.1) is 0 Å². The average Bonchev–Trinajstić information content (AvgIpc) is 3.23. The lowest BCUT2D eigenvalue weighted by molar-refractivity contribution is -0.147. The molecule has 0 aliphatic carbocycles. The number of phenolic OH excluding ortho intramolecular Hbond substituents is 1. The summed E-state index contributed by atoms with van der Waals surface area (Å²) in [7, 11) is 0. The molecule has 0 bridgehead atoms. The number of benzene rings is 3. The van der Waals surface area contributed by atoms with E-state index in [2.05, 4.69) is 10.6 Å². The van der Waals surface area contributed by atoms with Crippen LogP contribution in [0.25, 0.3) is 10.8 Å². The van der Waals surface area contributed by atoms with Crippen LogP contribution < -0.4 is 10.6 Å². The van der Waals surface area contributed by atoms with E-state index in [1.165, 1.54) is 0 Å². The van der Waals surface area contributed by atoms with Gasteiger partial charge in [0.2, 0.25) is 11.8 Å². The SMILES string of the molecule is O=C(N[C@H]1C[C@H]2C(=O)N[C@@H](Cc3ccc(O)cc3)C(=O)N2C1)c1cccc2ccccc12. The molecule has 2 fully saturated rings. The lowest BCUT2D eigenvalue weighted by atomic mass is 10.0. The largest absolute Gasteiger partial charge is 0.508 e. The maximum Gasteiger partial charge on any atom is 0.252 e. The molecule has 3 aromatic carbocycles. The van der Waals surface area contributed by atoms with Gasteiger partial charge in [0.25, 0.3) is 5.91 Å². The number of fused-ring (bicyclic) bond motifs is 2. The molecule has 32 heavy (non-hydrogen) atoms. The van der Waals surface area contributed by atoms with Crippen LogP contribution in [-0.4, -0.2) is 52.4 Å². The Kier molecular flexibility index (Phi) is 5.01. The monoisotopic (exact) mass is 429 g/mol. The summed E-state index contributed by atoms with van der Waals surface area (Å²) in [6.07, 6.45) is 0.737.